The number of benzene rings is 2. The average molecular weight is 448 g/mol. The first-order valence-electron chi connectivity index (χ1n) is 10.3. The van der Waals surface area contributed by atoms with E-state index in [1.54, 1.807) is 26.5 Å². The molecular weight excluding hydrogens is 424 g/mol. The van der Waals surface area contributed by atoms with Crippen LogP contribution in [0.4, 0.5) is 5.82 Å². The van der Waals surface area contributed by atoms with Gasteiger partial charge in [0.25, 0.3) is 0 Å². The van der Waals surface area contributed by atoms with Gasteiger partial charge in [0.15, 0.2) is 5.82 Å². The van der Waals surface area contributed by atoms with Gasteiger partial charge in [0.05, 0.1) is 27.1 Å². The fraction of sp³-hybridized carbons (Fsp3) is 0.200. The Morgan fingerprint density at radius 3 is 2.64 bits per heavy atom. The maximum atomic E-state index is 12.5. The summed E-state index contributed by atoms with van der Waals surface area (Å²) in [6, 6.07) is 10.9. The van der Waals surface area contributed by atoms with Crippen molar-refractivity contribution in [1.29, 1.82) is 0 Å². The molecule has 170 valence electrons. The number of anilines is 1. The van der Waals surface area contributed by atoms with Gasteiger partial charge < -0.3 is 28.5 Å². The molecule has 0 atom stereocenters. The van der Waals surface area contributed by atoms with Crippen LogP contribution in [0.3, 0.4) is 0 Å². The molecular formula is C25H24N2O6. The minimum atomic E-state index is -0.328. The Hall–Kier alpha value is -4.20. The van der Waals surface area contributed by atoms with Crippen molar-refractivity contribution in [3.8, 4) is 28.4 Å². The van der Waals surface area contributed by atoms with Gasteiger partial charge in [0, 0.05) is 40.3 Å². The summed E-state index contributed by atoms with van der Waals surface area (Å²) in [6.07, 6.45) is 4.56. The molecule has 1 N–H and O–H groups in total. The zero-order chi connectivity index (χ0) is 23.4. The Balaban J connectivity index is 1.81. The molecule has 0 saturated heterocycles. The second-order valence-electron chi connectivity index (χ2n) is 7.19. The topological polar surface area (TPSA) is 96.0 Å². The number of rotatable bonds is 8. The highest BCUT2D eigenvalue weighted by Crippen LogP contribution is 2.41. The van der Waals surface area contributed by atoms with Gasteiger partial charge in [0.2, 0.25) is 5.91 Å². The minimum absolute atomic E-state index is 0.328. The second kappa shape index (κ2) is 9.52. The first-order chi connectivity index (χ1) is 16.0. The molecule has 4 aromatic rings. The van der Waals surface area contributed by atoms with E-state index in [9.17, 15) is 4.79 Å². The van der Waals surface area contributed by atoms with Gasteiger partial charge in [-0.25, -0.2) is 0 Å². The van der Waals surface area contributed by atoms with Gasteiger partial charge in [-0.1, -0.05) is 5.16 Å². The predicted octanol–water partition coefficient (Wildman–Crippen LogP) is 5.55. The quantitative estimate of drug-likeness (QED) is 0.353. The summed E-state index contributed by atoms with van der Waals surface area (Å²) >= 11 is 0. The number of furan rings is 1. The van der Waals surface area contributed by atoms with Crippen LogP contribution in [0.25, 0.3) is 27.7 Å². The minimum Gasteiger partial charge on any atom is -0.497 e. The number of nitrogens with zero attached hydrogens (tertiary/aromatic N) is 1. The molecule has 8 heteroatoms. The Morgan fingerprint density at radius 1 is 1.09 bits per heavy atom. The number of methoxy groups -OCH3 is 2. The maximum absolute atomic E-state index is 12.5. The Morgan fingerprint density at radius 2 is 1.94 bits per heavy atom. The largest absolute Gasteiger partial charge is 0.497 e. The number of carbonyl (C=O) groups is 1. The van der Waals surface area contributed by atoms with E-state index in [0.29, 0.717) is 40.8 Å². The summed E-state index contributed by atoms with van der Waals surface area (Å²) in [7, 11) is 3.23. The van der Waals surface area contributed by atoms with Crippen LogP contribution in [0, 0.1) is 0 Å². The average Bonchev–Trinajstić information content (AvgIpc) is 3.47. The van der Waals surface area contributed by atoms with Crippen molar-refractivity contribution >= 4 is 28.3 Å². The number of fused-ring (bicyclic) bond motifs is 1. The number of amides is 1. The summed E-state index contributed by atoms with van der Waals surface area (Å²) in [5.74, 6) is 2.02. The van der Waals surface area contributed by atoms with Crippen molar-refractivity contribution in [1.82, 2.24) is 5.16 Å². The molecule has 0 radical (unpaired) electrons. The Kier molecular flexibility index (Phi) is 6.35. The lowest BCUT2D eigenvalue weighted by Gasteiger charge is -2.12. The normalized spacial score (nSPS) is 11.5. The molecule has 2 aromatic heterocycles. The Labute approximate surface area is 190 Å². The number of carbonyl (C=O) groups excluding carboxylic acids is 1. The lowest BCUT2D eigenvalue weighted by atomic mass is 9.98. The summed E-state index contributed by atoms with van der Waals surface area (Å²) in [5, 5.41) is 7.21. The number of ether oxygens (including phenoxy) is 3. The van der Waals surface area contributed by atoms with Gasteiger partial charge in [-0.3, -0.25) is 4.79 Å². The standard InChI is InChI=1S/C25H24N2O6/c1-5-31-22-13-23-19(12-17(22)15(2)10-25(28)26-24-8-9-33-27-24)20(14-32-23)18-11-16(29-3)6-7-21(18)30-4/h6-14H,5H2,1-4H3,(H,26,27,28)/b15-10+. The molecule has 33 heavy (non-hydrogen) atoms. The highest BCUT2D eigenvalue weighted by Gasteiger charge is 2.18. The highest BCUT2D eigenvalue weighted by molar-refractivity contribution is 6.05. The van der Waals surface area contributed by atoms with E-state index in [0.717, 1.165) is 22.1 Å². The van der Waals surface area contributed by atoms with Crippen LogP contribution in [-0.2, 0) is 4.79 Å². The number of nitrogens with one attached hydrogen (secondary N) is 1. The van der Waals surface area contributed by atoms with E-state index in [-0.39, 0.29) is 5.91 Å². The van der Waals surface area contributed by atoms with E-state index in [1.165, 1.54) is 12.3 Å². The highest BCUT2D eigenvalue weighted by atomic mass is 16.5. The molecule has 0 saturated carbocycles. The smallest absolute Gasteiger partial charge is 0.249 e. The number of hydrogen-bond donors (Lipinski definition) is 1. The number of hydrogen-bond acceptors (Lipinski definition) is 7. The summed E-state index contributed by atoms with van der Waals surface area (Å²) in [4.78, 5) is 12.5. The van der Waals surface area contributed by atoms with Crippen LogP contribution in [0.5, 0.6) is 17.2 Å². The van der Waals surface area contributed by atoms with Crippen molar-refractivity contribution in [2.75, 3.05) is 26.1 Å². The Bertz CT molecular complexity index is 1300. The fourth-order valence-electron chi connectivity index (χ4n) is 3.58. The van der Waals surface area contributed by atoms with Crippen LogP contribution in [0.2, 0.25) is 0 Å². The van der Waals surface area contributed by atoms with E-state index in [4.69, 9.17) is 23.2 Å². The monoisotopic (exact) mass is 448 g/mol. The van der Waals surface area contributed by atoms with E-state index in [2.05, 4.69) is 10.5 Å². The van der Waals surface area contributed by atoms with Gasteiger partial charge in [-0.2, -0.15) is 0 Å². The molecule has 0 unspecified atom stereocenters. The lowest BCUT2D eigenvalue weighted by Crippen LogP contribution is -2.09. The van der Waals surface area contributed by atoms with Crippen LogP contribution >= 0.6 is 0 Å². The molecule has 0 fully saturated rings. The SMILES string of the molecule is CCOc1cc2occ(-c3cc(OC)ccc3OC)c2cc1/C(C)=C/C(=O)Nc1ccon1. The van der Waals surface area contributed by atoms with Crippen molar-refractivity contribution < 1.29 is 27.9 Å². The summed E-state index contributed by atoms with van der Waals surface area (Å²) in [6.45, 7) is 4.21. The molecule has 0 aliphatic rings. The van der Waals surface area contributed by atoms with Crippen LogP contribution in [0.1, 0.15) is 19.4 Å². The second-order valence-corrected chi connectivity index (χ2v) is 7.19. The first-order valence-corrected chi connectivity index (χ1v) is 10.3. The zero-order valence-electron chi connectivity index (χ0n) is 18.8. The third-order valence-electron chi connectivity index (χ3n) is 5.13. The maximum Gasteiger partial charge on any atom is 0.249 e. The van der Waals surface area contributed by atoms with Crippen molar-refractivity contribution in [2.24, 2.45) is 0 Å². The van der Waals surface area contributed by atoms with Gasteiger partial charge in [0.1, 0.15) is 29.1 Å². The van der Waals surface area contributed by atoms with Crippen molar-refractivity contribution in [2.45, 2.75) is 13.8 Å². The van der Waals surface area contributed by atoms with Gasteiger partial charge >= 0.3 is 0 Å². The van der Waals surface area contributed by atoms with Crippen molar-refractivity contribution in [3.63, 3.8) is 0 Å². The van der Waals surface area contributed by atoms with Gasteiger partial charge in [-0.05, 0) is 43.7 Å². The van der Waals surface area contributed by atoms with Crippen LogP contribution < -0.4 is 19.5 Å². The molecule has 1 amide bonds. The zero-order valence-corrected chi connectivity index (χ0v) is 18.8. The van der Waals surface area contributed by atoms with E-state index < -0.39 is 0 Å². The third kappa shape index (κ3) is 4.55. The van der Waals surface area contributed by atoms with Gasteiger partial charge in [-0.15, -0.1) is 0 Å². The van der Waals surface area contributed by atoms with Crippen molar-refractivity contribution in [3.05, 3.63) is 60.6 Å². The first kappa shape index (κ1) is 22.0. The molecule has 0 bridgehead atoms. The van der Waals surface area contributed by atoms with Crippen LogP contribution in [0.15, 0.2) is 63.9 Å². The predicted molar refractivity (Wildman–Crippen MR) is 125 cm³/mol. The van der Waals surface area contributed by atoms with E-state index in [1.807, 2.05) is 44.2 Å². The van der Waals surface area contributed by atoms with Crippen LogP contribution in [-0.4, -0.2) is 31.9 Å². The molecule has 0 aliphatic heterocycles. The third-order valence-corrected chi connectivity index (χ3v) is 5.13. The summed E-state index contributed by atoms with van der Waals surface area (Å²) in [5.41, 5.74) is 3.80. The molecule has 4 rings (SSSR count). The molecule has 2 aromatic carbocycles. The molecule has 8 nitrogen and oxygen atoms in total. The fourth-order valence-corrected chi connectivity index (χ4v) is 3.58. The molecule has 0 aliphatic carbocycles. The summed E-state index contributed by atoms with van der Waals surface area (Å²) < 4.78 is 27.4. The molecule has 2 heterocycles. The lowest BCUT2D eigenvalue weighted by molar-refractivity contribution is -0.111. The number of allylic oxidation sites excluding steroid dienone is 1. The number of aromatic nitrogens is 1. The van der Waals surface area contributed by atoms with E-state index >= 15 is 0 Å². The molecule has 0 spiro atoms.